The highest BCUT2D eigenvalue weighted by Crippen LogP contribution is 2.40. The summed E-state index contributed by atoms with van der Waals surface area (Å²) < 4.78 is 6.15. The molecule has 140 valence electrons. The molecule has 1 heterocycles. The van der Waals surface area contributed by atoms with Crippen molar-refractivity contribution in [2.75, 3.05) is 12.0 Å². The first-order chi connectivity index (χ1) is 13.5. The van der Waals surface area contributed by atoms with Gasteiger partial charge in [0, 0.05) is 5.39 Å². The summed E-state index contributed by atoms with van der Waals surface area (Å²) in [6, 6.07) is 17.1. The van der Waals surface area contributed by atoms with Gasteiger partial charge in [-0.3, -0.25) is 9.69 Å². The summed E-state index contributed by atoms with van der Waals surface area (Å²) in [5.74, 6) is 0.169. The van der Waals surface area contributed by atoms with Crippen LogP contribution < -0.4 is 9.64 Å². The second-order valence-electron chi connectivity index (χ2n) is 6.07. The van der Waals surface area contributed by atoms with Gasteiger partial charge < -0.3 is 9.84 Å². The number of phenols is 1. The molecule has 0 aromatic heterocycles. The molecule has 0 aliphatic carbocycles. The molecule has 0 atom stereocenters. The fraction of sp³-hybridized carbons (Fsp3) is 0.0476. The van der Waals surface area contributed by atoms with E-state index in [0.717, 1.165) is 22.0 Å². The van der Waals surface area contributed by atoms with Gasteiger partial charge in [0.15, 0.2) is 15.8 Å². The Morgan fingerprint density at radius 1 is 1.18 bits per heavy atom. The molecule has 0 unspecified atom stereocenters. The molecule has 0 spiro atoms. The van der Waals surface area contributed by atoms with Crippen molar-refractivity contribution in [1.29, 1.82) is 0 Å². The van der Waals surface area contributed by atoms with Crippen LogP contribution in [0, 0.1) is 0 Å². The molecule has 1 fully saturated rings. The number of fused-ring (bicyclic) bond motifs is 1. The standard InChI is InChI=1S/C21H14BrNO3S2/c1-26-17-10-12(9-15(22)19(17)24)11-18-20(25)23(21(27)28-18)16-8-4-6-13-5-2-3-7-14(13)16/h2-11,24H,1H3/b18-11+. The van der Waals surface area contributed by atoms with Crippen LogP contribution in [-0.4, -0.2) is 22.4 Å². The van der Waals surface area contributed by atoms with Crippen LogP contribution in [0.25, 0.3) is 16.8 Å². The van der Waals surface area contributed by atoms with Crippen LogP contribution in [-0.2, 0) is 4.79 Å². The number of thiocarbonyl (C=S) groups is 1. The van der Waals surface area contributed by atoms with Crippen molar-refractivity contribution in [3.8, 4) is 11.5 Å². The number of aromatic hydroxyl groups is 1. The maximum atomic E-state index is 13.1. The first-order valence-corrected chi connectivity index (χ1v) is 10.3. The monoisotopic (exact) mass is 471 g/mol. The van der Waals surface area contributed by atoms with Gasteiger partial charge in [0.2, 0.25) is 0 Å². The van der Waals surface area contributed by atoms with Gasteiger partial charge in [-0.15, -0.1) is 0 Å². The molecule has 0 radical (unpaired) electrons. The maximum Gasteiger partial charge on any atom is 0.270 e. The van der Waals surface area contributed by atoms with Crippen LogP contribution in [0.1, 0.15) is 5.56 Å². The quantitative estimate of drug-likeness (QED) is 0.390. The topological polar surface area (TPSA) is 49.8 Å². The number of thioether (sulfide) groups is 1. The number of methoxy groups -OCH3 is 1. The van der Waals surface area contributed by atoms with Crippen molar-refractivity contribution in [2.24, 2.45) is 0 Å². The molecule has 3 aromatic rings. The van der Waals surface area contributed by atoms with Crippen LogP contribution in [0.15, 0.2) is 64.0 Å². The molecule has 4 rings (SSSR count). The zero-order chi connectivity index (χ0) is 19.8. The molecule has 3 aromatic carbocycles. The van der Waals surface area contributed by atoms with Gasteiger partial charge in [-0.25, -0.2) is 0 Å². The summed E-state index contributed by atoms with van der Waals surface area (Å²) in [5.41, 5.74) is 1.49. The van der Waals surface area contributed by atoms with Crippen LogP contribution >= 0.6 is 39.9 Å². The Hall–Kier alpha value is -2.35. The predicted molar refractivity (Wildman–Crippen MR) is 122 cm³/mol. The summed E-state index contributed by atoms with van der Waals surface area (Å²) >= 11 is 10.1. The number of hydrogen-bond acceptors (Lipinski definition) is 5. The van der Waals surface area contributed by atoms with E-state index in [1.807, 2.05) is 42.5 Å². The lowest BCUT2D eigenvalue weighted by molar-refractivity contribution is -0.113. The molecule has 7 heteroatoms. The fourth-order valence-electron chi connectivity index (χ4n) is 3.06. The van der Waals surface area contributed by atoms with E-state index >= 15 is 0 Å². The third-order valence-corrected chi connectivity index (χ3v) is 6.28. The molecular formula is C21H14BrNO3S2. The Morgan fingerprint density at radius 2 is 1.93 bits per heavy atom. The van der Waals surface area contributed by atoms with E-state index < -0.39 is 0 Å². The van der Waals surface area contributed by atoms with Crippen molar-refractivity contribution >= 4 is 72.7 Å². The SMILES string of the molecule is COc1cc(/C=C2/SC(=S)N(c3cccc4ccccc34)C2=O)cc(Br)c1O. The van der Waals surface area contributed by atoms with Crippen molar-refractivity contribution in [3.63, 3.8) is 0 Å². The molecule has 0 saturated carbocycles. The van der Waals surface area contributed by atoms with Gasteiger partial charge >= 0.3 is 0 Å². The number of carbonyl (C=O) groups is 1. The summed E-state index contributed by atoms with van der Waals surface area (Å²) in [5, 5.41) is 12.0. The minimum absolute atomic E-state index is 0.0166. The third-order valence-electron chi connectivity index (χ3n) is 4.37. The van der Waals surface area contributed by atoms with E-state index in [2.05, 4.69) is 15.9 Å². The van der Waals surface area contributed by atoms with Crippen molar-refractivity contribution < 1.29 is 14.6 Å². The number of nitrogens with zero attached hydrogens (tertiary/aromatic N) is 1. The largest absolute Gasteiger partial charge is 0.503 e. The number of amides is 1. The van der Waals surface area contributed by atoms with Crippen molar-refractivity contribution in [3.05, 3.63) is 69.5 Å². The molecule has 4 nitrogen and oxygen atoms in total. The zero-order valence-corrected chi connectivity index (χ0v) is 17.9. The summed E-state index contributed by atoms with van der Waals surface area (Å²) in [7, 11) is 1.48. The van der Waals surface area contributed by atoms with Gasteiger partial charge in [-0.2, -0.15) is 0 Å². The molecule has 28 heavy (non-hydrogen) atoms. The van der Waals surface area contributed by atoms with Crippen molar-refractivity contribution in [2.45, 2.75) is 0 Å². The number of hydrogen-bond donors (Lipinski definition) is 1. The minimum Gasteiger partial charge on any atom is -0.503 e. The van der Waals surface area contributed by atoms with E-state index in [9.17, 15) is 9.90 Å². The van der Waals surface area contributed by atoms with Crippen LogP contribution in [0.4, 0.5) is 5.69 Å². The predicted octanol–water partition coefficient (Wildman–Crippen LogP) is 5.72. The van der Waals surface area contributed by atoms with Gasteiger partial charge in [-0.1, -0.05) is 60.4 Å². The van der Waals surface area contributed by atoms with Crippen molar-refractivity contribution in [1.82, 2.24) is 0 Å². The third kappa shape index (κ3) is 3.30. The zero-order valence-electron chi connectivity index (χ0n) is 14.7. The van der Waals surface area contributed by atoms with E-state index in [1.165, 1.54) is 18.9 Å². The molecule has 1 saturated heterocycles. The lowest BCUT2D eigenvalue weighted by Crippen LogP contribution is -2.27. The second-order valence-corrected chi connectivity index (χ2v) is 8.60. The second kappa shape index (κ2) is 7.58. The molecule has 0 bridgehead atoms. The average Bonchev–Trinajstić information content (AvgIpc) is 2.97. The molecule has 1 aliphatic heterocycles. The highest BCUT2D eigenvalue weighted by molar-refractivity contribution is 9.10. The number of ether oxygens (including phenoxy) is 1. The Kier molecular flexibility index (Phi) is 5.14. The number of phenolic OH excluding ortho intramolecular Hbond substituents is 1. The lowest BCUT2D eigenvalue weighted by atomic mass is 10.1. The Morgan fingerprint density at radius 3 is 2.71 bits per heavy atom. The van der Waals surface area contributed by atoms with E-state index in [4.69, 9.17) is 17.0 Å². The number of benzene rings is 3. The van der Waals surface area contributed by atoms with Gasteiger partial charge in [0.05, 0.1) is 22.2 Å². The average molecular weight is 472 g/mol. The summed E-state index contributed by atoms with van der Waals surface area (Å²) in [6.45, 7) is 0. The first-order valence-electron chi connectivity index (χ1n) is 8.32. The summed E-state index contributed by atoms with van der Waals surface area (Å²) in [4.78, 5) is 15.2. The Labute approximate surface area is 179 Å². The van der Waals surface area contributed by atoms with Crippen LogP contribution in [0.2, 0.25) is 0 Å². The first kappa shape index (κ1) is 19.0. The lowest BCUT2D eigenvalue weighted by Gasteiger charge is -2.17. The Balaban J connectivity index is 1.76. The normalized spacial score (nSPS) is 15.6. The number of rotatable bonds is 3. The fourth-order valence-corrected chi connectivity index (χ4v) is 4.81. The van der Waals surface area contributed by atoms with Gasteiger partial charge in [0.25, 0.3) is 5.91 Å². The summed E-state index contributed by atoms with van der Waals surface area (Å²) in [6.07, 6.45) is 1.75. The smallest absolute Gasteiger partial charge is 0.270 e. The molecule has 1 N–H and O–H groups in total. The van der Waals surface area contributed by atoms with Crippen LogP contribution in [0.3, 0.4) is 0 Å². The molecular weight excluding hydrogens is 458 g/mol. The van der Waals surface area contributed by atoms with E-state index in [1.54, 1.807) is 23.1 Å². The van der Waals surface area contributed by atoms with E-state index in [0.29, 0.717) is 19.4 Å². The molecule has 1 aliphatic rings. The highest BCUT2D eigenvalue weighted by atomic mass is 79.9. The van der Waals surface area contributed by atoms with Crippen LogP contribution in [0.5, 0.6) is 11.5 Å². The maximum absolute atomic E-state index is 13.1. The van der Waals surface area contributed by atoms with Gasteiger partial charge in [0.1, 0.15) is 0 Å². The van der Waals surface area contributed by atoms with E-state index in [-0.39, 0.29) is 11.7 Å². The van der Waals surface area contributed by atoms with Gasteiger partial charge in [-0.05, 0) is 51.2 Å². The number of anilines is 1. The highest BCUT2D eigenvalue weighted by Gasteiger charge is 2.34. The number of carbonyl (C=O) groups excluding carboxylic acids is 1. The Bertz CT molecular complexity index is 1150. The minimum atomic E-state index is -0.172. The molecule has 1 amide bonds. The number of halogens is 1.